The topological polar surface area (TPSA) is 136 Å². The molecule has 1 aliphatic rings. The smallest absolute Gasteiger partial charge is 0.328 e. The summed E-state index contributed by atoms with van der Waals surface area (Å²) in [5, 5.41) is 16.7. The molecule has 0 bridgehead atoms. The molecule has 8 heteroatoms. The molecule has 2 aromatic heterocycles. The highest BCUT2D eigenvalue weighted by Gasteiger charge is 2.30. The lowest BCUT2D eigenvalue weighted by atomic mass is 9.83. The zero-order valence-corrected chi connectivity index (χ0v) is 18.9. The highest BCUT2D eigenvalue weighted by molar-refractivity contribution is 6.10. The summed E-state index contributed by atoms with van der Waals surface area (Å²) in [6.07, 6.45) is 6.07. The molecular weight excluding hydrogens is 446 g/mol. The van der Waals surface area contributed by atoms with E-state index in [1.54, 1.807) is 6.33 Å². The summed E-state index contributed by atoms with van der Waals surface area (Å²) in [5.41, 5.74) is 6.35. The molecule has 178 valence electrons. The average Bonchev–Trinajstić information content (AvgIpc) is 3.47. The molecule has 4 aromatic rings. The Balaban J connectivity index is 0.000000314. The number of benzene rings is 2. The van der Waals surface area contributed by atoms with Crippen LogP contribution in [0.25, 0.3) is 10.9 Å². The predicted octanol–water partition coefficient (Wildman–Crippen LogP) is 4.18. The van der Waals surface area contributed by atoms with Crippen molar-refractivity contribution in [2.24, 2.45) is 5.92 Å². The van der Waals surface area contributed by atoms with Gasteiger partial charge in [0.25, 0.3) is 0 Å². The molecule has 5 rings (SSSR count). The van der Waals surface area contributed by atoms with E-state index >= 15 is 0 Å². The first-order chi connectivity index (χ1) is 16.9. The fourth-order valence-corrected chi connectivity index (χ4v) is 4.38. The van der Waals surface area contributed by atoms with E-state index < -0.39 is 11.9 Å². The van der Waals surface area contributed by atoms with Crippen molar-refractivity contribution in [1.29, 1.82) is 0 Å². The van der Waals surface area contributed by atoms with Crippen LogP contribution >= 0.6 is 0 Å². The van der Waals surface area contributed by atoms with Crippen LogP contribution in [-0.4, -0.2) is 42.9 Å². The Morgan fingerprint density at radius 3 is 2.37 bits per heavy atom. The number of aromatic nitrogens is 3. The number of imidazole rings is 1. The van der Waals surface area contributed by atoms with Gasteiger partial charge in [-0.25, -0.2) is 14.6 Å². The first kappa shape index (κ1) is 23.7. The zero-order valence-electron chi connectivity index (χ0n) is 18.9. The maximum absolute atomic E-state index is 13.6. The summed E-state index contributed by atoms with van der Waals surface area (Å²) in [6.45, 7) is 0. The number of carbonyl (C=O) groups is 3. The summed E-state index contributed by atoms with van der Waals surface area (Å²) in [5.74, 6) is -2.26. The number of Topliss-reactive ketones (excluding diaryl/α,β-unsaturated/α-hetero) is 1. The van der Waals surface area contributed by atoms with Crippen molar-refractivity contribution in [2.45, 2.75) is 25.7 Å². The van der Waals surface area contributed by atoms with Crippen LogP contribution in [0.5, 0.6) is 0 Å². The molecule has 2 heterocycles. The quantitative estimate of drug-likeness (QED) is 0.246. The summed E-state index contributed by atoms with van der Waals surface area (Å²) in [4.78, 5) is 43.7. The van der Waals surface area contributed by atoms with E-state index in [2.05, 4.69) is 39.2 Å². The van der Waals surface area contributed by atoms with Gasteiger partial charge < -0.3 is 20.2 Å². The van der Waals surface area contributed by atoms with Crippen LogP contribution in [0.4, 0.5) is 0 Å². The number of rotatable bonds is 6. The Morgan fingerprint density at radius 1 is 0.971 bits per heavy atom. The number of para-hydroxylation sites is 1. The van der Waals surface area contributed by atoms with Crippen molar-refractivity contribution in [3.05, 3.63) is 101 Å². The monoisotopic (exact) mass is 471 g/mol. The lowest BCUT2D eigenvalue weighted by Crippen LogP contribution is -2.23. The second-order valence-electron chi connectivity index (χ2n) is 8.33. The molecule has 1 unspecified atom stereocenters. The Labute approximate surface area is 201 Å². The van der Waals surface area contributed by atoms with E-state index in [1.165, 1.54) is 5.56 Å². The van der Waals surface area contributed by atoms with Crippen LogP contribution < -0.4 is 0 Å². The molecule has 0 saturated carbocycles. The summed E-state index contributed by atoms with van der Waals surface area (Å²) >= 11 is 0. The molecule has 1 atom stereocenters. The number of aromatic amines is 2. The van der Waals surface area contributed by atoms with Gasteiger partial charge in [0.15, 0.2) is 5.78 Å². The van der Waals surface area contributed by atoms with E-state index in [9.17, 15) is 14.4 Å². The number of H-pyrrole nitrogens is 2. The predicted molar refractivity (Wildman–Crippen MR) is 130 cm³/mol. The maximum Gasteiger partial charge on any atom is 0.328 e. The lowest BCUT2D eigenvalue weighted by molar-refractivity contribution is -0.134. The number of aliphatic carboxylic acids is 2. The summed E-state index contributed by atoms with van der Waals surface area (Å²) < 4.78 is 0. The highest BCUT2D eigenvalue weighted by atomic mass is 16.4. The fraction of sp³-hybridized carbons (Fsp3) is 0.185. The zero-order chi connectivity index (χ0) is 24.8. The Bertz CT molecular complexity index is 1370. The first-order valence-corrected chi connectivity index (χ1v) is 11.2. The van der Waals surface area contributed by atoms with E-state index in [1.807, 2.05) is 30.3 Å². The van der Waals surface area contributed by atoms with Gasteiger partial charge >= 0.3 is 11.9 Å². The summed E-state index contributed by atoms with van der Waals surface area (Å²) in [7, 11) is 0. The summed E-state index contributed by atoms with van der Waals surface area (Å²) in [6, 6.07) is 18.4. The van der Waals surface area contributed by atoms with Crippen molar-refractivity contribution in [3.8, 4) is 0 Å². The number of aryl methyl sites for hydroxylation is 1. The largest absolute Gasteiger partial charge is 0.478 e. The van der Waals surface area contributed by atoms with Gasteiger partial charge in [-0.1, -0.05) is 48.5 Å². The molecular formula is C27H25N3O5. The molecule has 8 nitrogen and oxygen atoms in total. The van der Waals surface area contributed by atoms with Gasteiger partial charge in [0.2, 0.25) is 0 Å². The van der Waals surface area contributed by atoms with Crippen molar-refractivity contribution < 1.29 is 24.6 Å². The molecule has 0 saturated heterocycles. The Hall–Kier alpha value is -4.46. The van der Waals surface area contributed by atoms with Crippen LogP contribution in [-0.2, 0) is 28.9 Å². The number of nitrogens with one attached hydrogen (secondary N) is 2. The van der Waals surface area contributed by atoms with Gasteiger partial charge in [-0.2, -0.15) is 0 Å². The molecule has 0 amide bonds. The second kappa shape index (κ2) is 10.6. The van der Waals surface area contributed by atoms with E-state index in [-0.39, 0.29) is 11.7 Å². The minimum atomic E-state index is -1.26. The minimum Gasteiger partial charge on any atom is -0.478 e. The number of nitrogens with zero attached hydrogens (tertiary/aromatic N) is 1. The molecule has 0 spiro atoms. The van der Waals surface area contributed by atoms with E-state index in [0.717, 1.165) is 59.2 Å². The van der Waals surface area contributed by atoms with Gasteiger partial charge in [-0.05, 0) is 30.9 Å². The molecule has 2 aromatic carbocycles. The number of carboxylic acids is 2. The van der Waals surface area contributed by atoms with Crippen molar-refractivity contribution in [2.75, 3.05) is 0 Å². The Kier molecular flexibility index (Phi) is 7.21. The Morgan fingerprint density at radius 2 is 1.66 bits per heavy atom. The van der Waals surface area contributed by atoms with E-state index in [0.29, 0.717) is 12.2 Å². The van der Waals surface area contributed by atoms with Gasteiger partial charge in [0.05, 0.1) is 12.0 Å². The third kappa shape index (κ3) is 5.73. The molecule has 0 radical (unpaired) electrons. The van der Waals surface area contributed by atoms with Crippen molar-refractivity contribution in [1.82, 2.24) is 15.0 Å². The number of carboxylic acid groups (broad SMARTS) is 2. The normalized spacial score (nSPS) is 14.8. The molecule has 1 aliphatic carbocycles. The molecule has 0 aliphatic heterocycles. The van der Waals surface area contributed by atoms with Crippen LogP contribution in [0.2, 0.25) is 0 Å². The van der Waals surface area contributed by atoms with Crippen LogP contribution in [0.15, 0.2) is 73.1 Å². The second-order valence-corrected chi connectivity index (χ2v) is 8.33. The van der Waals surface area contributed by atoms with Crippen LogP contribution in [0.3, 0.4) is 0 Å². The van der Waals surface area contributed by atoms with Crippen molar-refractivity contribution in [3.63, 3.8) is 0 Å². The lowest BCUT2D eigenvalue weighted by Gasteiger charge is -2.20. The SMILES string of the molecule is O=C(O)C=CC(=O)O.O=C(c1c(Cc2ccccc2)[nH]c2ccccc12)C1CCc2nc[nH]c2C1. The number of ketones is 1. The maximum atomic E-state index is 13.6. The standard InChI is InChI=1S/C23H21N3O.C4H4O4/c27-23(16-10-11-19-20(13-16)25-14-24-19)22-17-8-4-5-9-18(17)26-21(22)12-15-6-2-1-3-7-15;5-3(6)1-2-4(7)8/h1-9,14,16,26H,10-13H2,(H,24,25);1-2H,(H,5,6)(H,7,8). The average molecular weight is 472 g/mol. The van der Waals surface area contributed by atoms with Crippen LogP contribution in [0, 0.1) is 5.92 Å². The highest BCUT2D eigenvalue weighted by Crippen LogP contribution is 2.31. The number of hydrogen-bond acceptors (Lipinski definition) is 4. The fourth-order valence-electron chi connectivity index (χ4n) is 4.38. The number of fused-ring (bicyclic) bond motifs is 2. The number of carbonyl (C=O) groups excluding carboxylic acids is 1. The molecule has 4 N–H and O–H groups in total. The van der Waals surface area contributed by atoms with Gasteiger partial charge in [-0.3, -0.25) is 4.79 Å². The van der Waals surface area contributed by atoms with Gasteiger partial charge in [0, 0.05) is 52.3 Å². The number of hydrogen-bond donors (Lipinski definition) is 4. The van der Waals surface area contributed by atoms with Crippen LogP contribution in [0.1, 0.15) is 39.4 Å². The molecule has 0 fully saturated rings. The first-order valence-electron chi connectivity index (χ1n) is 11.2. The third-order valence-corrected chi connectivity index (χ3v) is 5.98. The molecule has 35 heavy (non-hydrogen) atoms. The van der Waals surface area contributed by atoms with E-state index in [4.69, 9.17) is 10.2 Å². The van der Waals surface area contributed by atoms with Gasteiger partial charge in [0.1, 0.15) is 0 Å². The van der Waals surface area contributed by atoms with Gasteiger partial charge in [-0.15, -0.1) is 0 Å². The minimum absolute atomic E-state index is 0.00618. The third-order valence-electron chi connectivity index (χ3n) is 5.98. The van der Waals surface area contributed by atoms with Crippen molar-refractivity contribution >= 4 is 28.6 Å².